The van der Waals surface area contributed by atoms with E-state index >= 15 is 0 Å². The molecule has 1 atom stereocenters. The minimum Gasteiger partial charge on any atom is -0.491 e. The second-order valence-corrected chi connectivity index (χ2v) is 10.7. The Bertz CT molecular complexity index is 1590. The summed E-state index contributed by atoms with van der Waals surface area (Å²) in [5, 5.41) is 4.79. The van der Waals surface area contributed by atoms with Crippen LogP contribution in [0.2, 0.25) is 0 Å². The zero-order valence-electron chi connectivity index (χ0n) is 26.2. The fraction of sp³-hybridized carbons (Fsp3) is 0.400. The lowest BCUT2D eigenvalue weighted by Gasteiger charge is -2.16. The van der Waals surface area contributed by atoms with E-state index in [9.17, 15) is 4.79 Å². The number of ether oxygens (including phenoxy) is 4. The predicted molar refractivity (Wildman–Crippen MR) is 168 cm³/mol. The first-order valence-electron chi connectivity index (χ1n) is 14.7. The van der Waals surface area contributed by atoms with E-state index in [2.05, 4.69) is 57.7 Å². The zero-order chi connectivity index (χ0) is 30.9. The SMILES string of the molecule is CC#CC(CC(=O)OCC)c1ccc(OCc2cc(-c3c(C)cc(OCCOC)cc3C)c3nc(C(C)C)nn3c2)cc1. The molecule has 0 aliphatic heterocycles. The Labute approximate surface area is 254 Å². The van der Waals surface area contributed by atoms with Gasteiger partial charge in [0, 0.05) is 30.4 Å². The van der Waals surface area contributed by atoms with Crippen LogP contribution >= 0.6 is 0 Å². The second kappa shape index (κ2) is 14.7. The van der Waals surface area contributed by atoms with Crippen molar-refractivity contribution in [3.8, 4) is 34.5 Å². The number of methoxy groups -OCH3 is 1. The van der Waals surface area contributed by atoms with Crippen molar-refractivity contribution >= 4 is 11.6 Å². The number of rotatable bonds is 13. The molecule has 0 radical (unpaired) electrons. The number of nitrogens with zero attached hydrogens (tertiary/aromatic N) is 3. The number of benzene rings is 2. The van der Waals surface area contributed by atoms with E-state index in [-0.39, 0.29) is 24.2 Å². The molecule has 0 spiro atoms. The third kappa shape index (κ3) is 7.94. The van der Waals surface area contributed by atoms with E-state index in [0.717, 1.165) is 56.4 Å². The maximum absolute atomic E-state index is 12.1. The summed E-state index contributed by atoms with van der Waals surface area (Å²) in [7, 11) is 1.66. The minimum absolute atomic E-state index is 0.190. The summed E-state index contributed by atoms with van der Waals surface area (Å²) >= 11 is 0. The van der Waals surface area contributed by atoms with Crippen molar-refractivity contribution in [2.75, 3.05) is 26.9 Å². The maximum Gasteiger partial charge on any atom is 0.307 e. The topological polar surface area (TPSA) is 84.2 Å². The van der Waals surface area contributed by atoms with Gasteiger partial charge in [0.05, 0.1) is 25.6 Å². The highest BCUT2D eigenvalue weighted by atomic mass is 16.5. The van der Waals surface area contributed by atoms with Crippen LogP contribution in [0.1, 0.15) is 74.0 Å². The largest absolute Gasteiger partial charge is 0.491 e. The van der Waals surface area contributed by atoms with E-state index in [1.165, 1.54) is 0 Å². The lowest BCUT2D eigenvalue weighted by molar-refractivity contribution is -0.143. The molecule has 0 amide bonds. The molecule has 0 bridgehead atoms. The van der Waals surface area contributed by atoms with Gasteiger partial charge in [-0.3, -0.25) is 4.79 Å². The van der Waals surface area contributed by atoms with E-state index in [1.807, 2.05) is 35.0 Å². The summed E-state index contributed by atoms with van der Waals surface area (Å²) in [5.41, 5.74) is 6.98. The van der Waals surface area contributed by atoms with Crippen molar-refractivity contribution in [2.45, 2.75) is 66.4 Å². The number of aryl methyl sites for hydroxylation is 2. The first kappa shape index (κ1) is 31.6. The van der Waals surface area contributed by atoms with Gasteiger partial charge in [-0.05, 0) is 80.3 Å². The van der Waals surface area contributed by atoms with Crippen molar-refractivity contribution in [2.24, 2.45) is 0 Å². The van der Waals surface area contributed by atoms with Gasteiger partial charge in [0.15, 0.2) is 11.5 Å². The van der Waals surface area contributed by atoms with Crippen molar-refractivity contribution in [3.05, 3.63) is 76.7 Å². The number of pyridine rings is 1. The molecular weight excluding hydrogens is 542 g/mol. The highest BCUT2D eigenvalue weighted by molar-refractivity contribution is 5.82. The van der Waals surface area contributed by atoms with E-state index < -0.39 is 0 Å². The molecule has 0 fully saturated rings. The van der Waals surface area contributed by atoms with Gasteiger partial charge in [0.2, 0.25) is 0 Å². The van der Waals surface area contributed by atoms with Gasteiger partial charge < -0.3 is 18.9 Å². The first-order chi connectivity index (χ1) is 20.7. The van der Waals surface area contributed by atoms with Crippen LogP contribution in [0, 0.1) is 25.7 Å². The highest BCUT2D eigenvalue weighted by Gasteiger charge is 2.19. The summed E-state index contributed by atoms with van der Waals surface area (Å²) in [5.74, 6) is 8.07. The third-order valence-electron chi connectivity index (χ3n) is 7.04. The maximum atomic E-state index is 12.1. The Hall–Kier alpha value is -4.35. The number of esters is 1. The molecule has 4 rings (SSSR count). The van der Waals surface area contributed by atoms with Crippen molar-refractivity contribution in [3.63, 3.8) is 0 Å². The molecule has 2 aromatic heterocycles. The van der Waals surface area contributed by atoms with Crippen molar-refractivity contribution < 1.29 is 23.7 Å². The summed E-state index contributed by atoms with van der Waals surface area (Å²) in [6, 6.07) is 14.0. The number of aromatic nitrogens is 3. The lowest BCUT2D eigenvalue weighted by Crippen LogP contribution is -2.09. The van der Waals surface area contributed by atoms with Gasteiger partial charge in [-0.1, -0.05) is 31.9 Å². The molecule has 0 N–H and O–H groups in total. The second-order valence-electron chi connectivity index (χ2n) is 10.7. The summed E-state index contributed by atoms with van der Waals surface area (Å²) in [6.07, 6.45) is 2.19. The van der Waals surface area contributed by atoms with Crippen LogP contribution in [0.15, 0.2) is 48.7 Å². The molecule has 1 unspecified atom stereocenters. The van der Waals surface area contributed by atoms with Gasteiger partial charge in [-0.25, -0.2) is 9.50 Å². The zero-order valence-corrected chi connectivity index (χ0v) is 26.2. The number of carbonyl (C=O) groups is 1. The third-order valence-corrected chi connectivity index (χ3v) is 7.04. The van der Waals surface area contributed by atoms with Crippen LogP contribution in [0.3, 0.4) is 0 Å². The normalized spacial score (nSPS) is 11.7. The number of hydrogen-bond donors (Lipinski definition) is 0. The Kier molecular flexibility index (Phi) is 10.8. The minimum atomic E-state index is -0.255. The fourth-order valence-electron chi connectivity index (χ4n) is 5.02. The van der Waals surface area contributed by atoms with Crippen LogP contribution in [-0.4, -0.2) is 47.5 Å². The number of hydrogen-bond acceptors (Lipinski definition) is 7. The number of fused-ring (bicyclic) bond motifs is 1. The molecule has 4 aromatic rings. The van der Waals surface area contributed by atoms with Gasteiger partial charge in [-0.2, -0.15) is 5.10 Å². The van der Waals surface area contributed by atoms with Crippen LogP contribution in [0.5, 0.6) is 11.5 Å². The van der Waals surface area contributed by atoms with Crippen LogP contribution in [-0.2, 0) is 20.9 Å². The van der Waals surface area contributed by atoms with Crippen LogP contribution < -0.4 is 9.47 Å². The molecule has 0 saturated heterocycles. The monoisotopic (exact) mass is 583 g/mol. The molecule has 2 heterocycles. The highest BCUT2D eigenvalue weighted by Crippen LogP contribution is 2.34. The standard InChI is InChI=1S/C35H41N3O5/c1-8-10-28(20-32(39)41-9-2)27-11-13-29(14-12-27)43-22-26-19-31(35-36-34(23(3)4)37-38(35)21-26)33-24(5)17-30(18-25(33)6)42-16-15-40-7/h11-14,17-19,21,23,28H,9,15-16,20,22H2,1-7H3. The Balaban J connectivity index is 1.61. The molecule has 8 heteroatoms. The molecule has 0 aliphatic carbocycles. The molecular formula is C35H41N3O5. The Morgan fingerprint density at radius 1 is 1.00 bits per heavy atom. The van der Waals surface area contributed by atoms with Gasteiger partial charge in [0.25, 0.3) is 0 Å². The van der Waals surface area contributed by atoms with Crippen LogP contribution in [0.25, 0.3) is 16.8 Å². The molecule has 43 heavy (non-hydrogen) atoms. The average molecular weight is 584 g/mol. The summed E-state index contributed by atoms with van der Waals surface area (Å²) < 4.78 is 24.2. The predicted octanol–water partition coefficient (Wildman–Crippen LogP) is 6.80. The Morgan fingerprint density at radius 3 is 2.35 bits per heavy atom. The fourth-order valence-corrected chi connectivity index (χ4v) is 5.02. The van der Waals surface area contributed by atoms with Gasteiger partial charge >= 0.3 is 5.97 Å². The van der Waals surface area contributed by atoms with Gasteiger partial charge in [0.1, 0.15) is 24.7 Å². The van der Waals surface area contributed by atoms with E-state index in [1.54, 1.807) is 21.0 Å². The Morgan fingerprint density at radius 2 is 1.72 bits per heavy atom. The quantitative estimate of drug-likeness (QED) is 0.0972. The molecule has 2 aromatic carbocycles. The molecule has 0 saturated carbocycles. The number of carbonyl (C=O) groups excluding carboxylic acids is 1. The van der Waals surface area contributed by atoms with Gasteiger partial charge in [-0.15, -0.1) is 5.92 Å². The smallest absolute Gasteiger partial charge is 0.307 e. The van der Waals surface area contributed by atoms with Crippen LogP contribution in [0.4, 0.5) is 0 Å². The summed E-state index contributed by atoms with van der Waals surface area (Å²) in [4.78, 5) is 17.0. The average Bonchev–Trinajstić information content (AvgIpc) is 3.41. The van der Waals surface area contributed by atoms with Crippen molar-refractivity contribution in [1.29, 1.82) is 0 Å². The molecule has 8 nitrogen and oxygen atoms in total. The van der Waals surface area contributed by atoms with E-state index in [0.29, 0.717) is 26.4 Å². The molecule has 226 valence electrons. The van der Waals surface area contributed by atoms with Crippen molar-refractivity contribution in [1.82, 2.24) is 14.6 Å². The molecule has 0 aliphatic rings. The summed E-state index contributed by atoms with van der Waals surface area (Å²) in [6.45, 7) is 13.7. The first-order valence-corrected chi connectivity index (χ1v) is 14.7. The van der Waals surface area contributed by atoms with E-state index in [4.69, 9.17) is 29.0 Å². The lowest BCUT2D eigenvalue weighted by atomic mass is 9.95.